The first-order valence-electron chi connectivity index (χ1n) is 7.43. The minimum atomic E-state index is -0.0306. The Morgan fingerprint density at radius 2 is 1.87 bits per heavy atom. The zero-order chi connectivity index (χ0) is 16.4. The number of amides is 2. The van der Waals surface area contributed by atoms with Crippen LogP contribution in [0.3, 0.4) is 0 Å². The second-order valence-corrected chi connectivity index (χ2v) is 6.60. The van der Waals surface area contributed by atoms with Gasteiger partial charge in [-0.1, -0.05) is 0 Å². The van der Waals surface area contributed by atoms with Crippen LogP contribution in [0.5, 0.6) is 0 Å². The molecule has 1 saturated heterocycles. The molecule has 3 rings (SSSR count). The van der Waals surface area contributed by atoms with E-state index in [2.05, 4.69) is 0 Å². The van der Waals surface area contributed by atoms with Gasteiger partial charge in [0.25, 0.3) is 5.91 Å². The van der Waals surface area contributed by atoms with Gasteiger partial charge < -0.3 is 20.3 Å². The van der Waals surface area contributed by atoms with Gasteiger partial charge in [-0.25, -0.2) is 0 Å². The van der Waals surface area contributed by atoms with Gasteiger partial charge in [-0.15, -0.1) is 11.3 Å². The highest BCUT2D eigenvalue weighted by atomic mass is 32.1. The van der Waals surface area contributed by atoms with Gasteiger partial charge in [-0.05, 0) is 29.7 Å². The molecular formula is C16H19N3O3S. The summed E-state index contributed by atoms with van der Waals surface area (Å²) in [4.78, 5) is 28.7. The number of benzene rings is 1. The summed E-state index contributed by atoms with van der Waals surface area (Å²) in [6.45, 7) is 2.28. The molecule has 1 aromatic heterocycles. The number of anilines is 1. The molecule has 0 bridgehead atoms. The largest absolute Gasteiger partial charge is 0.399 e. The lowest BCUT2D eigenvalue weighted by molar-refractivity contribution is -0.136. The Bertz CT molecular complexity index is 735. The number of methoxy groups -OCH3 is 1. The SMILES string of the molecule is COCC(=O)N1CCN(C(=O)c2cc3cc(N)ccc3s2)CC1. The van der Waals surface area contributed by atoms with Crippen LogP contribution < -0.4 is 5.73 Å². The van der Waals surface area contributed by atoms with Crippen molar-refractivity contribution in [3.63, 3.8) is 0 Å². The number of nitrogens with zero attached hydrogens (tertiary/aromatic N) is 2. The average molecular weight is 333 g/mol. The Kier molecular flexibility index (Phi) is 4.49. The quantitative estimate of drug-likeness (QED) is 0.862. The highest BCUT2D eigenvalue weighted by Crippen LogP contribution is 2.28. The van der Waals surface area contributed by atoms with Gasteiger partial charge in [-0.3, -0.25) is 9.59 Å². The Labute approximate surface area is 138 Å². The molecule has 122 valence electrons. The zero-order valence-corrected chi connectivity index (χ0v) is 13.8. The van der Waals surface area contributed by atoms with Crippen molar-refractivity contribution in [1.82, 2.24) is 9.80 Å². The van der Waals surface area contributed by atoms with Crippen LogP contribution in [-0.2, 0) is 9.53 Å². The monoisotopic (exact) mass is 333 g/mol. The van der Waals surface area contributed by atoms with E-state index in [9.17, 15) is 9.59 Å². The molecule has 1 fully saturated rings. The van der Waals surface area contributed by atoms with Crippen LogP contribution in [-0.4, -0.2) is 61.5 Å². The number of hydrogen-bond acceptors (Lipinski definition) is 5. The van der Waals surface area contributed by atoms with Crippen LogP contribution in [0, 0.1) is 0 Å². The first-order chi connectivity index (χ1) is 11.1. The van der Waals surface area contributed by atoms with Crippen molar-refractivity contribution in [1.29, 1.82) is 0 Å². The third-order valence-corrected chi connectivity index (χ3v) is 5.04. The standard InChI is InChI=1S/C16H19N3O3S/c1-22-10-15(20)18-4-6-19(7-5-18)16(21)14-9-11-8-12(17)2-3-13(11)23-14/h2-3,8-9H,4-7,10,17H2,1H3. The number of nitrogen functional groups attached to an aromatic ring is 1. The molecular weight excluding hydrogens is 314 g/mol. The Morgan fingerprint density at radius 3 is 2.57 bits per heavy atom. The summed E-state index contributed by atoms with van der Waals surface area (Å²) in [6, 6.07) is 7.55. The summed E-state index contributed by atoms with van der Waals surface area (Å²) in [5.74, 6) is -0.0134. The first kappa shape index (κ1) is 15.8. The molecule has 2 N–H and O–H groups in total. The van der Waals surface area contributed by atoms with Gasteiger partial charge in [0.1, 0.15) is 6.61 Å². The lowest BCUT2D eigenvalue weighted by atomic mass is 10.2. The van der Waals surface area contributed by atoms with Crippen molar-refractivity contribution in [3.8, 4) is 0 Å². The molecule has 1 aliphatic heterocycles. The molecule has 7 heteroatoms. The number of carbonyl (C=O) groups excluding carboxylic acids is 2. The van der Waals surface area contributed by atoms with E-state index in [1.54, 1.807) is 9.80 Å². The predicted molar refractivity (Wildman–Crippen MR) is 90.6 cm³/mol. The third kappa shape index (κ3) is 3.30. The highest BCUT2D eigenvalue weighted by Gasteiger charge is 2.25. The van der Waals surface area contributed by atoms with Crippen molar-refractivity contribution < 1.29 is 14.3 Å². The predicted octanol–water partition coefficient (Wildman–Crippen LogP) is 1.41. The van der Waals surface area contributed by atoms with Gasteiger partial charge in [0, 0.05) is 43.7 Å². The molecule has 0 radical (unpaired) electrons. The number of thiophene rings is 1. The second kappa shape index (κ2) is 6.55. The summed E-state index contributed by atoms with van der Waals surface area (Å²) < 4.78 is 5.92. The van der Waals surface area contributed by atoms with Crippen molar-refractivity contribution >= 4 is 38.9 Å². The van der Waals surface area contributed by atoms with Crippen molar-refractivity contribution in [2.45, 2.75) is 0 Å². The van der Waals surface area contributed by atoms with E-state index in [1.165, 1.54) is 18.4 Å². The maximum Gasteiger partial charge on any atom is 0.264 e. The Balaban J connectivity index is 1.67. The van der Waals surface area contributed by atoms with Crippen LogP contribution in [0.2, 0.25) is 0 Å². The van der Waals surface area contributed by atoms with Crippen LogP contribution >= 0.6 is 11.3 Å². The molecule has 0 aliphatic carbocycles. The third-order valence-electron chi connectivity index (χ3n) is 3.94. The topological polar surface area (TPSA) is 75.9 Å². The van der Waals surface area contributed by atoms with E-state index in [0.717, 1.165) is 10.1 Å². The summed E-state index contributed by atoms with van der Waals surface area (Å²) in [5, 5.41) is 0.993. The molecule has 23 heavy (non-hydrogen) atoms. The molecule has 6 nitrogen and oxygen atoms in total. The van der Waals surface area contributed by atoms with Crippen molar-refractivity contribution in [2.75, 3.05) is 45.6 Å². The number of rotatable bonds is 3. The van der Waals surface area contributed by atoms with E-state index in [0.29, 0.717) is 36.7 Å². The van der Waals surface area contributed by atoms with E-state index >= 15 is 0 Å². The van der Waals surface area contributed by atoms with Crippen LogP contribution in [0.4, 0.5) is 5.69 Å². The highest BCUT2D eigenvalue weighted by molar-refractivity contribution is 7.20. The number of piperazine rings is 1. The van der Waals surface area contributed by atoms with Crippen molar-refractivity contribution in [3.05, 3.63) is 29.1 Å². The molecule has 0 saturated carbocycles. The zero-order valence-electron chi connectivity index (χ0n) is 12.9. The van der Waals surface area contributed by atoms with Gasteiger partial charge in [0.05, 0.1) is 4.88 Å². The smallest absolute Gasteiger partial charge is 0.264 e. The molecule has 0 atom stereocenters. The average Bonchev–Trinajstić information content (AvgIpc) is 2.97. The number of nitrogens with two attached hydrogens (primary N) is 1. The number of ether oxygens (including phenoxy) is 1. The maximum atomic E-state index is 12.6. The minimum absolute atomic E-state index is 0.0172. The number of fused-ring (bicyclic) bond motifs is 1. The Hall–Kier alpha value is -2.12. The van der Waals surface area contributed by atoms with Gasteiger partial charge in [-0.2, -0.15) is 0 Å². The summed E-state index contributed by atoms with van der Waals surface area (Å²) in [6.07, 6.45) is 0. The van der Waals surface area contributed by atoms with Crippen LogP contribution in [0.25, 0.3) is 10.1 Å². The molecule has 1 aromatic carbocycles. The van der Waals surface area contributed by atoms with E-state index in [1.807, 2.05) is 24.3 Å². The van der Waals surface area contributed by atoms with Crippen LogP contribution in [0.1, 0.15) is 9.67 Å². The summed E-state index contributed by atoms with van der Waals surface area (Å²) >= 11 is 1.48. The van der Waals surface area contributed by atoms with E-state index < -0.39 is 0 Å². The van der Waals surface area contributed by atoms with Crippen LogP contribution in [0.15, 0.2) is 24.3 Å². The van der Waals surface area contributed by atoms with Crippen molar-refractivity contribution in [2.24, 2.45) is 0 Å². The lowest BCUT2D eigenvalue weighted by Gasteiger charge is -2.34. The summed E-state index contributed by atoms with van der Waals surface area (Å²) in [7, 11) is 1.51. The van der Waals surface area contributed by atoms with Gasteiger partial charge >= 0.3 is 0 Å². The maximum absolute atomic E-state index is 12.6. The Morgan fingerprint density at radius 1 is 1.17 bits per heavy atom. The first-order valence-corrected chi connectivity index (χ1v) is 8.25. The second-order valence-electron chi connectivity index (χ2n) is 5.51. The molecule has 0 spiro atoms. The molecule has 2 aromatic rings. The lowest BCUT2D eigenvalue weighted by Crippen LogP contribution is -2.51. The number of hydrogen-bond donors (Lipinski definition) is 1. The van der Waals surface area contributed by atoms with E-state index in [4.69, 9.17) is 10.5 Å². The molecule has 0 unspecified atom stereocenters. The normalized spacial score (nSPS) is 15.2. The summed E-state index contributed by atoms with van der Waals surface area (Å²) in [5.41, 5.74) is 6.48. The fourth-order valence-electron chi connectivity index (χ4n) is 2.70. The molecule has 2 heterocycles. The van der Waals surface area contributed by atoms with E-state index in [-0.39, 0.29) is 18.4 Å². The molecule has 2 amide bonds. The minimum Gasteiger partial charge on any atom is -0.399 e. The number of carbonyl (C=O) groups is 2. The molecule has 1 aliphatic rings. The fraction of sp³-hybridized carbons (Fsp3) is 0.375. The van der Waals surface area contributed by atoms with Gasteiger partial charge in [0.15, 0.2) is 0 Å². The fourth-order valence-corrected chi connectivity index (χ4v) is 3.71. The van der Waals surface area contributed by atoms with Gasteiger partial charge in [0.2, 0.25) is 5.91 Å².